The van der Waals surface area contributed by atoms with Crippen molar-refractivity contribution in [1.29, 1.82) is 0 Å². The summed E-state index contributed by atoms with van der Waals surface area (Å²) in [5.41, 5.74) is 0.800. The van der Waals surface area contributed by atoms with Crippen molar-refractivity contribution in [1.82, 2.24) is 4.98 Å². The Balaban J connectivity index is 2.34. The topological polar surface area (TPSA) is 71.5 Å². The molecule has 0 aliphatic heterocycles. The summed E-state index contributed by atoms with van der Waals surface area (Å²) in [6.45, 7) is 0. The highest BCUT2D eigenvalue weighted by Gasteiger charge is 2.12. The second kappa shape index (κ2) is 5.71. The van der Waals surface area contributed by atoms with E-state index in [1.54, 1.807) is 31.4 Å². The highest BCUT2D eigenvalue weighted by atomic mass is 79.9. The quantitative estimate of drug-likeness (QED) is 0.903. The molecule has 0 bridgehead atoms. The molecule has 6 heteroatoms. The van der Waals surface area contributed by atoms with Gasteiger partial charge in [-0.05, 0) is 34.1 Å². The molecule has 2 N–H and O–H groups in total. The van der Waals surface area contributed by atoms with Gasteiger partial charge in [-0.15, -0.1) is 0 Å². The Morgan fingerprint density at radius 1 is 1.42 bits per heavy atom. The fourth-order valence-corrected chi connectivity index (χ4v) is 1.87. The van der Waals surface area contributed by atoms with Crippen LogP contribution >= 0.6 is 15.9 Å². The van der Waals surface area contributed by atoms with Crippen LogP contribution in [0.1, 0.15) is 10.4 Å². The van der Waals surface area contributed by atoms with Crippen LogP contribution in [0.3, 0.4) is 0 Å². The van der Waals surface area contributed by atoms with E-state index in [1.165, 1.54) is 12.3 Å². The molecule has 0 saturated heterocycles. The third kappa shape index (κ3) is 3.23. The summed E-state index contributed by atoms with van der Waals surface area (Å²) < 4.78 is 5.72. The molecule has 0 amide bonds. The Bertz CT molecular complexity index is 617. The van der Waals surface area contributed by atoms with Gasteiger partial charge in [0.05, 0.1) is 7.11 Å². The second-order valence-electron chi connectivity index (χ2n) is 3.71. The first-order valence-corrected chi connectivity index (χ1v) is 6.19. The van der Waals surface area contributed by atoms with E-state index >= 15 is 0 Å². The lowest BCUT2D eigenvalue weighted by atomic mass is 10.2. The van der Waals surface area contributed by atoms with Crippen molar-refractivity contribution in [3.63, 3.8) is 0 Å². The van der Waals surface area contributed by atoms with Crippen molar-refractivity contribution in [2.75, 3.05) is 12.4 Å². The molecule has 0 radical (unpaired) electrons. The summed E-state index contributed by atoms with van der Waals surface area (Å²) in [6.07, 6.45) is 1.54. The van der Waals surface area contributed by atoms with Gasteiger partial charge in [0.25, 0.3) is 0 Å². The van der Waals surface area contributed by atoms with E-state index in [0.29, 0.717) is 15.9 Å². The number of carboxylic acids is 1. The molecule has 2 rings (SSSR count). The highest BCUT2D eigenvalue weighted by Crippen LogP contribution is 2.24. The summed E-state index contributed by atoms with van der Waals surface area (Å²) in [5.74, 6) is -0.0814. The van der Waals surface area contributed by atoms with E-state index in [4.69, 9.17) is 9.84 Å². The van der Waals surface area contributed by atoms with Crippen LogP contribution in [-0.2, 0) is 0 Å². The first-order valence-electron chi connectivity index (χ1n) is 5.40. The lowest BCUT2D eigenvalue weighted by Gasteiger charge is -2.09. The number of halogens is 1. The van der Waals surface area contributed by atoms with E-state index in [0.717, 1.165) is 0 Å². The monoisotopic (exact) mass is 322 g/mol. The van der Waals surface area contributed by atoms with Crippen LogP contribution in [0.5, 0.6) is 5.75 Å². The van der Waals surface area contributed by atoms with Crippen molar-refractivity contribution < 1.29 is 14.6 Å². The minimum absolute atomic E-state index is 0.0946. The molecule has 0 aliphatic rings. The van der Waals surface area contributed by atoms with Crippen LogP contribution in [0, 0.1) is 0 Å². The van der Waals surface area contributed by atoms with Gasteiger partial charge in [-0.25, -0.2) is 9.78 Å². The molecule has 0 spiro atoms. The molecule has 1 aromatic carbocycles. The average molecular weight is 323 g/mol. The summed E-state index contributed by atoms with van der Waals surface area (Å²) in [7, 11) is 1.57. The number of pyridine rings is 1. The van der Waals surface area contributed by atoms with Crippen LogP contribution in [0.2, 0.25) is 0 Å². The molecule has 1 aromatic heterocycles. The van der Waals surface area contributed by atoms with E-state index in [-0.39, 0.29) is 11.4 Å². The van der Waals surface area contributed by atoms with Crippen LogP contribution in [-0.4, -0.2) is 23.2 Å². The van der Waals surface area contributed by atoms with Gasteiger partial charge in [0.15, 0.2) is 0 Å². The standard InChI is InChI=1S/C13H11BrN2O3/c1-19-10-4-2-3-9(6-10)16-12-11(13(17)18)5-8(14)7-15-12/h2-7H,1H3,(H,15,16)(H,17,18). The highest BCUT2D eigenvalue weighted by molar-refractivity contribution is 9.10. The lowest BCUT2D eigenvalue weighted by molar-refractivity contribution is 0.0697. The third-order valence-corrected chi connectivity index (χ3v) is 2.85. The first kappa shape index (κ1) is 13.4. The van der Waals surface area contributed by atoms with Gasteiger partial charge in [-0.3, -0.25) is 0 Å². The summed E-state index contributed by atoms with van der Waals surface area (Å²) in [6, 6.07) is 8.67. The first-order chi connectivity index (χ1) is 9.10. The molecule has 0 fully saturated rings. The Morgan fingerprint density at radius 2 is 2.21 bits per heavy atom. The predicted molar refractivity (Wildman–Crippen MR) is 75.2 cm³/mol. The Morgan fingerprint density at radius 3 is 2.89 bits per heavy atom. The minimum Gasteiger partial charge on any atom is -0.497 e. The van der Waals surface area contributed by atoms with Gasteiger partial charge >= 0.3 is 5.97 Å². The van der Waals surface area contributed by atoms with Crippen molar-refractivity contribution in [3.05, 3.63) is 46.6 Å². The van der Waals surface area contributed by atoms with Gasteiger partial charge in [0.2, 0.25) is 0 Å². The molecule has 0 saturated carbocycles. The van der Waals surface area contributed by atoms with E-state index in [1.807, 2.05) is 0 Å². The zero-order chi connectivity index (χ0) is 13.8. The number of methoxy groups -OCH3 is 1. The molecule has 19 heavy (non-hydrogen) atoms. The number of nitrogens with zero attached hydrogens (tertiary/aromatic N) is 1. The zero-order valence-corrected chi connectivity index (χ0v) is 11.6. The minimum atomic E-state index is -1.04. The lowest BCUT2D eigenvalue weighted by Crippen LogP contribution is -2.05. The summed E-state index contributed by atoms with van der Waals surface area (Å²) in [5, 5.41) is 12.1. The van der Waals surface area contributed by atoms with Gasteiger partial charge in [0.1, 0.15) is 17.1 Å². The number of rotatable bonds is 4. The fraction of sp³-hybridized carbons (Fsp3) is 0.0769. The number of hydrogen-bond acceptors (Lipinski definition) is 4. The number of carboxylic acid groups (broad SMARTS) is 1. The van der Waals surface area contributed by atoms with E-state index in [9.17, 15) is 4.79 Å². The number of aromatic nitrogens is 1. The van der Waals surface area contributed by atoms with Crippen molar-refractivity contribution in [3.8, 4) is 5.75 Å². The second-order valence-corrected chi connectivity index (χ2v) is 4.63. The number of carbonyl (C=O) groups is 1. The van der Waals surface area contributed by atoms with Crippen LogP contribution in [0.15, 0.2) is 41.0 Å². The Kier molecular flexibility index (Phi) is 4.01. The van der Waals surface area contributed by atoms with Crippen molar-refractivity contribution in [2.45, 2.75) is 0 Å². The Hall–Kier alpha value is -2.08. The van der Waals surface area contributed by atoms with Crippen molar-refractivity contribution >= 4 is 33.4 Å². The molecular weight excluding hydrogens is 312 g/mol. The maximum Gasteiger partial charge on any atom is 0.339 e. The van der Waals surface area contributed by atoms with E-state index < -0.39 is 5.97 Å². The van der Waals surface area contributed by atoms with Gasteiger partial charge in [-0.1, -0.05) is 6.07 Å². The largest absolute Gasteiger partial charge is 0.497 e. The SMILES string of the molecule is COc1cccc(Nc2ncc(Br)cc2C(=O)O)c1. The van der Waals surface area contributed by atoms with E-state index in [2.05, 4.69) is 26.2 Å². The van der Waals surface area contributed by atoms with Crippen LogP contribution in [0.25, 0.3) is 0 Å². The summed E-state index contributed by atoms with van der Waals surface area (Å²) in [4.78, 5) is 15.2. The maximum atomic E-state index is 11.2. The van der Waals surface area contributed by atoms with Gasteiger partial charge in [0, 0.05) is 22.4 Å². The predicted octanol–water partition coefficient (Wildman–Crippen LogP) is 3.29. The number of hydrogen-bond donors (Lipinski definition) is 2. The third-order valence-electron chi connectivity index (χ3n) is 2.42. The summed E-state index contributed by atoms with van der Waals surface area (Å²) >= 11 is 3.20. The van der Waals surface area contributed by atoms with Crippen LogP contribution < -0.4 is 10.1 Å². The molecule has 1 heterocycles. The molecular formula is C13H11BrN2O3. The molecule has 2 aromatic rings. The average Bonchev–Trinajstić information content (AvgIpc) is 2.41. The number of anilines is 2. The maximum absolute atomic E-state index is 11.2. The molecule has 0 aliphatic carbocycles. The van der Waals surface area contributed by atoms with Crippen LogP contribution in [0.4, 0.5) is 11.5 Å². The molecule has 0 atom stereocenters. The smallest absolute Gasteiger partial charge is 0.339 e. The number of aromatic carboxylic acids is 1. The number of benzene rings is 1. The van der Waals surface area contributed by atoms with Gasteiger partial charge in [-0.2, -0.15) is 0 Å². The molecule has 5 nitrogen and oxygen atoms in total. The zero-order valence-electron chi connectivity index (χ0n) is 10.1. The molecule has 98 valence electrons. The molecule has 0 unspecified atom stereocenters. The number of ether oxygens (including phenoxy) is 1. The normalized spacial score (nSPS) is 10.0. The fourth-order valence-electron chi connectivity index (χ4n) is 1.54. The van der Waals surface area contributed by atoms with Crippen molar-refractivity contribution in [2.24, 2.45) is 0 Å². The Labute approximate surface area is 118 Å². The van der Waals surface area contributed by atoms with Gasteiger partial charge < -0.3 is 15.2 Å². The number of nitrogens with one attached hydrogen (secondary N) is 1.